The third kappa shape index (κ3) is 3.16. The molecule has 0 aliphatic carbocycles. The van der Waals surface area contributed by atoms with Crippen LogP contribution in [0, 0.1) is 0 Å². The van der Waals surface area contributed by atoms with Gasteiger partial charge in [-0.25, -0.2) is 0 Å². The average Bonchev–Trinajstić information content (AvgIpc) is 2.40. The van der Waals surface area contributed by atoms with Gasteiger partial charge in [0.15, 0.2) is 0 Å². The molecule has 0 radical (unpaired) electrons. The lowest BCUT2D eigenvalue weighted by Gasteiger charge is -2.32. The third-order valence-electron chi connectivity index (χ3n) is 3.68. The van der Waals surface area contributed by atoms with Gasteiger partial charge in [-0.2, -0.15) is 0 Å². The minimum absolute atomic E-state index is 0.567. The van der Waals surface area contributed by atoms with Gasteiger partial charge in [0.05, 0.1) is 7.11 Å². The van der Waals surface area contributed by atoms with E-state index < -0.39 is 0 Å². The standard InChI is InChI=1S/C14H21ClN2O/c1-18-12-2-3-13(14(15)10-12)11-4-7-17(8-5-11)9-6-16/h2-3,10-11H,4-9,16H2,1H3. The molecule has 4 heteroatoms. The van der Waals surface area contributed by atoms with E-state index >= 15 is 0 Å². The largest absolute Gasteiger partial charge is 0.497 e. The van der Waals surface area contributed by atoms with E-state index in [1.54, 1.807) is 7.11 Å². The summed E-state index contributed by atoms with van der Waals surface area (Å²) < 4.78 is 5.18. The van der Waals surface area contributed by atoms with Gasteiger partial charge in [0.25, 0.3) is 0 Å². The predicted molar refractivity (Wildman–Crippen MR) is 75.5 cm³/mol. The summed E-state index contributed by atoms with van der Waals surface area (Å²) in [4.78, 5) is 2.42. The number of halogens is 1. The molecule has 2 rings (SSSR count). The van der Waals surface area contributed by atoms with Crippen LogP contribution in [0.15, 0.2) is 18.2 Å². The second kappa shape index (κ2) is 6.41. The van der Waals surface area contributed by atoms with E-state index in [0.717, 1.165) is 49.8 Å². The molecule has 1 saturated heterocycles. The summed E-state index contributed by atoms with van der Waals surface area (Å²) in [5.41, 5.74) is 6.84. The second-order valence-corrected chi connectivity index (χ2v) is 5.20. The maximum Gasteiger partial charge on any atom is 0.120 e. The van der Waals surface area contributed by atoms with Crippen LogP contribution < -0.4 is 10.5 Å². The Labute approximate surface area is 114 Å². The van der Waals surface area contributed by atoms with Gasteiger partial charge in [-0.3, -0.25) is 0 Å². The molecule has 3 nitrogen and oxygen atoms in total. The number of hydrogen-bond donors (Lipinski definition) is 1. The fraction of sp³-hybridized carbons (Fsp3) is 0.571. The van der Waals surface area contributed by atoms with E-state index in [1.807, 2.05) is 12.1 Å². The Morgan fingerprint density at radius 2 is 2.11 bits per heavy atom. The monoisotopic (exact) mass is 268 g/mol. The Kier molecular flexibility index (Phi) is 4.87. The highest BCUT2D eigenvalue weighted by atomic mass is 35.5. The van der Waals surface area contributed by atoms with Crippen molar-refractivity contribution in [3.63, 3.8) is 0 Å². The highest BCUT2D eigenvalue weighted by molar-refractivity contribution is 6.31. The molecule has 0 bridgehead atoms. The zero-order chi connectivity index (χ0) is 13.0. The van der Waals surface area contributed by atoms with Crippen LogP contribution in [0.2, 0.25) is 5.02 Å². The summed E-state index contributed by atoms with van der Waals surface area (Å²) in [6.45, 7) is 3.98. The quantitative estimate of drug-likeness (QED) is 0.912. The number of rotatable bonds is 4. The Balaban J connectivity index is 2.01. The minimum atomic E-state index is 0.567. The lowest BCUT2D eigenvalue weighted by atomic mass is 9.89. The first kappa shape index (κ1) is 13.7. The van der Waals surface area contributed by atoms with Crippen molar-refractivity contribution in [2.75, 3.05) is 33.3 Å². The molecule has 2 N–H and O–H groups in total. The molecule has 1 heterocycles. The highest BCUT2D eigenvalue weighted by Crippen LogP contribution is 2.34. The smallest absolute Gasteiger partial charge is 0.120 e. The van der Waals surface area contributed by atoms with Gasteiger partial charge < -0.3 is 15.4 Å². The van der Waals surface area contributed by atoms with Gasteiger partial charge in [0, 0.05) is 18.1 Å². The normalized spacial score (nSPS) is 17.9. The molecule has 1 aliphatic rings. The Morgan fingerprint density at radius 3 is 2.67 bits per heavy atom. The topological polar surface area (TPSA) is 38.5 Å². The van der Waals surface area contributed by atoms with Crippen LogP contribution in [0.5, 0.6) is 5.75 Å². The molecule has 100 valence electrons. The molecular weight excluding hydrogens is 248 g/mol. The van der Waals surface area contributed by atoms with Crippen molar-refractivity contribution in [1.29, 1.82) is 0 Å². The molecule has 1 aromatic rings. The van der Waals surface area contributed by atoms with E-state index in [9.17, 15) is 0 Å². The summed E-state index contributed by atoms with van der Waals surface area (Å²) in [7, 11) is 1.66. The lowest BCUT2D eigenvalue weighted by molar-refractivity contribution is 0.218. The number of nitrogens with two attached hydrogens (primary N) is 1. The van der Waals surface area contributed by atoms with Crippen molar-refractivity contribution in [2.24, 2.45) is 5.73 Å². The van der Waals surface area contributed by atoms with Gasteiger partial charge in [0.1, 0.15) is 5.75 Å². The van der Waals surface area contributed by atoms with Crippen LogP contribution in [-0.4, -0.2) is 38.2 Å². The van der Waals surface area contributed by atoms with Crippen molar-refractivity contribution >= 4 is 11.6 Å². The molecule has 0 unspecified atom stereocenters. The van der Waals surface area contributed by atoms with Gasteiger partial charge in [-0.15, -0.1) is 0 Å². The lowest BCUT2D eigenvalue weighted by Crippen LogP contribution is -2.36. The fourth-order valence-corrected chi connectivity index (χ4v) is 2.94. The Bertz CT molecular complexity index is 389. The molecule has 18 heavy (non-hydrogen) atoms. The number of benzene rings is 1. The van der Waals surface area contributed by atoms with Crippen molar-refractivity contribution in [3.05, 3.63) is 28.8 Å². The fourth-order valence-electron chi connectivity index (χ4n) is 2.62. The number of methoxy groups -OCH3 is 1. The molecule has 1 fully saturated rings. The van der Waals surface area contributed by atoms with E-state index in [2.05, 4.69) is 11.0 Å². The molecule has 0 amide bonds. The van der Waals surface area contributed by atoms with E-state index in [0.29, 0.717) is 5.92 Å². The minimum Gasteiger partial charge on any atom is -0.497 e. The molecular formula is C14H21ClN2O. The number of ether oxygens (including phenoxy) is 1. The first-order valence-corrected chi connectivity index (χ1v) is 6.88. The van der Waals surface area contributed by atoms with E-state index in [4.69, 9.17) is 22.1 Å². The van der Waals surface area contributed by atoms with Crippen molar-refractivity contribution < 1.29 is 4.74 Å². The van der Waals surface area contributed by atoms with Crippen LogP contribution in [0.25, 0.3) is 0 Å². The number of likely N-dealkylation sites (tertiary alicyclic amines) is 1. The van der Waals surface area contributed by atoms with Crippen molar-refractivity contribution in [1.82, 2.24) is 4.90 Å². The zero-order valence-electron chi connectivity index (χ0n) is 10.9. The van der Waals surface area contributed by atoms with E-state index in [-0.39, 0.29) is 0 Å². The molecule has 0 aromatic heterocycles. The first-order valence-electron chi connectivity index (χ1n) is 6.50. The average molecular weight is 269 g/mol. The zero-order valence-corrected chi connectivity index (χ0v) is 11.6. The number of nitrogens with zero attached hydrogens (tertiary/aromatic N) is 1. The van der Waals surface area contributed by atoms with Crippen molar-refractivity contribution in [2.45, 2.75) is 18.8 Å². The van der Waals surface area contributed by atoms with Crippen LogP contribution in [0.3, 0.4) is 0 Å². The first-order chi connectivity index (χ1) is 8.74. The highest BCUT2D eigenvalue weighted by Gasteiger charge is 2.21. The summed E-state index contributed by atoms with van der Waals surface area (Å²) >= 11 is 6.33. The number of piperidine rings is 1. The van der Waals surface area contributed by atoms with Crippen LogP contribution in [-0.2, 0) is 0 Å². The van der Waals surface area contributed by atoms with Gasteiger partial charge in [-0.1, -0.05) is 17.7 Å². The maximum absolute atomic E-state index is 6.33. The molecule has 0 saturated carbocycles. The van der Waals surface area contributed by atoms with Crippen LogP contribution in [0.4, 0.5) is 0 Å². The van der Waals surface area contributed by atoms with Crippen molar-refractivity contribution in [3.8, 4) is 5.75 Å². The summed E-state index contributed by atoms with van der Waals surface area (Å²) in [5.74, 6) is 1.39. The molecule has 0 spiro atoms. The van der Waals surface area contributed by atoms with Crippen LogP contribution >= 0.6 is 11.6 Å². The summed E-state index contributed by atoms with van der Waals surface area (Å²) in [6, 6.07) is 6.00. The summed E-state index contributed by atoms with van der Waals surface area (Å²) in [5, 5.41) is 0.826. The molecule has 0 atom stereocenters. The molecule has 1 aromatic carbocycles. The summed E-state index contributed by atoms with van der Waals surface area (Å²) in [6.07, 6.45) is 2.32. The molecule has 1 aliphatic heterocycles. The third-order valence-corrected chi connectivity index (χ3v) is 4.01. The van der Waals surface area contributed by atoms with Gasteiger partial charge >= 0.3 is 0 Å². The van der Waals surface area contributed by atoms with Gasteiger partial charge in [0.2, 0.25) is 0 Å². The second-order valence-electron chi connectivity index (χ2n) is 4.79. The Hall–Kier alpha value is -0.770. The predicted octanol–water partition coefficient (Wildman–Crippen LogP) is 2.49. The maximum atomic E-state index is 6.33. The van der Waals surface area contributed by atoms with Gasteiger partial charge in [-0.05, 0) is 49.5 Å². The SMILES string of the molecule is COc1ccc(C2CCN(CCN)CC2)c(Cl)c1. The Morgan fingerprint density at radius 1 is 1.39 bits per heavy atom. The van der Waals surface area contributed by atoms with E-state index in [1.165, 1.54) is 5.56 Å². The van der Waals surface area contributed by atoms with Crippen LogP contribution in [0.1, 0.15) is 24.3 Å². The number of hydrogen-bond acceptors (Lipinski definition) is 3.